The molecule has 0 atom stereocenters. The van der Waals surface area contributed by atoms with Crippen LogP contribution in [0.1, 0.15) is 21.9 Å². The molecule has 0 fully saturated rings. The predicted molar refractivity (Wildman–Crippen MR) is 122 cm³/mol. The number of halogens is 1. The molecule has 4 aromatic rings. The summed E-state index contributed by atoms with van der Waals surface area (Å²) in [6.07, 6.45) is 1.61. The van der Waals surface area contributed by atoms with Crippen LogP contribution in [0.3, 0.4) is 0 Å². The maximum atomic E-state index is 12.6. The summed E-state index contributed by atoms with van der Waals surface area (Å²) in [6.45, 7) is 0.640. The van der Waals surface area contributed by atoms with Gasteiger partial charge in [-0.1, -0.05) is 23.4 Å². The number of hydrogen-bond donors (Lipinski definition) is 0. The van der Waals surface area contributed by atoms with Gasteiger partial charge in [0.05, 0.1) is 25.7 Å². The van der Waals surface area contributed by atoms with E-state index in [2.05, 4.69) is 10.2 Å². The lowest BCUT2D eigenvalue weighted by atomic mass is 10.1. The Morgan fingerprint density at radius 3 is 2.50 bits per heavy atom. The standard InChI is InChI=1S/C23H20ClN3O4S/c1-29-18-8-4-16(5-9-18)21(28)15-32-23-26-25-22(27(23)13-20-3-2-12-30-20)14-31-19-10-6-17(24)7-11-19/h2-12H,13-15H2,1H3. The second-order valence-corrected chi connectivity index (χ2v) is 8.13. The third kappa shape index (κ3) is 5.52. The van der Waals surface area contributed by atoms with Crippen molar-refractivity contribution in [3.05, 3.63) is 89.1 Å². The first-order chi connectivity index (χ1) is 15.6. The number of aromatic nitrogens is 3. The minimum atomic E-state index is -0.0100. The highest BCUT2D eigenvalue weighted by Gasteiger charge is 2.17. The Balaban J connectivity index is 1.47. The van der Waals surface area contributed by atoms with Crippen LogP contribution < -0.4 is 9.47 Å². The lowest BCUT2D eigenvalue weighted by Gasteiger charge is -2.10. The van der Waals surface area contributed by atoms with Crippen LogP contribution in [-0.4, -0.2) is 33.4 Å². The van der Waals surface area contributed by atoms with Gasteiger partial charge >= 0.3 is 0 Å². The molecule has 0 aliphatic rings. The SMILES string of the molecule is COc1ccc(C(=O)CSc2nnc(COc3ccc(Cl)cc3)n2Cc2ccco2)cc1. The maximum absolute atomic E-state index is 12.6. The Kier molecular flexibility index (Phi) is 7.14. The second-order valence-electron chi connectivity index (χ2n) is 6.75. The summed E-state index contributed by atoms with van der Waals surface area (Å²) in [5.74, 6) is 2.96. The zero-order valence-corrected chi connectivity index (χ0v) is 18.8. The Hall–Kier alpha value is -3.23. The fourth-order valence-corrected chi connectivity index (χ4v) is 3.90. The number of methoxy groups -OCH3 is 1. The summed E-state index contributed by atoms with van der Waals surface area (Å²) in [5, 5.41) is 9.80. The fraction of sp³-hybridized carbons (Fsp3) is 0.174. The first-order valence-electron chi connectivity index (χ1n) is 9.75. The summed E-state index contributed by atoms with van der Waals surface area (Å²) in [6, 6.07) is 17.8. The molecule has 0 radical (unpaired) electrons. The third-order valence-corrected chi connectivity index (χ3v) is 5.83. The predicted octanol–water partition coefficient (Wildman–Crippen LogP) is 5.14. The van der Waals surface area contributed by atoms with Crippen LogP contribution in [0.15, 0.2) is 76.5 Å². The molecule has 0 spiro atoms. The van der Waals surface area contributed by atoms with Crippen LogP contribution in [0.2, 0.25) is 5.02 Å². The van der Waals surface area contributed by atoms with Crippen molar-refractivity contribution in [2.24, 2.45) is 0 Å². The molecule has 0 saturated heterocycles. The molecule has 7 nitrogen and oxygen atoms in total. The topological polar surface area (TPSA) is 79.4 Å². The van der Waals surface area contributed by atoms with Crippen molar-refractivity contribution in [2.75, 3.05) is 12.9 Å². The van der Waals surface area contributed by atoms with Crippen molar-refractivity contribution in [1.29, 1.82) is 0 Å². The number of carbonyl (C=O) groups excluding carboxylic acids is 1. The highest BCUT2D eigenvalue weighted by Crippen LogP contribution is 2.23. The van der Waals surface area contributed by atoms with Crippen LogP contribution in [0, 0.1) is 0 Å². The minimum absolute atomic E-state index is 0.0100. The number of rotatable bonds is 10. The number of nitrogens with zero attached hydrogens (tertiary/aromatic N) is 3. The molecule has 0 bridgehead atoms. The molecular weight excluding hydrogens is 450 g/mol. The number of ether oxygens (including phenoxy) is 2. The Morgan fingerprint density at radius 2 is 1.81 bits per heavy atom. The van der Waals surface area contributed by atoms with E-state index in [9.17, 15) is 4.79 Å². The van der Waals surface area contributed by atoms with Gasteiger partial charge in [0.1, 0.15) is 23.9 Å². The molecule has 32 heavy (non-hydrogen) atoms. The summed E-state index contributed by atoms with van der Waals surface area (Å²) in [5.41, 5.74) is 0.613. The van der Waals surface area contributed by atoms with Crippen molar-refractivity contribution in [2.45, 2.75) is 18.3 Å². The van der Waals surface area contributed by atoms with E-state index in [1.165, 1.54) is 11.8 Å². The molecular formula is C23H20ClN3O4S. The molecule has 2 aromatic heterocycles. The highest BCUT2D eigenvalue weighted by molar-refractivity contribution is 7.99. The van der Waals surface area contributed by atoms with Gasteiger partial charge in [-0.05, 0) is 60.7 Å². The van der Waals surface area contributed by atoms with Gasteiger partial charge in [0, 0.05) is 10.6 Å². The molecule has 0 unspecified atom stereocenters. The van der Waals surface area contributed by atoms with E-state index in [4.69, 9.17) is 25.5 Å². The van der Waals surface area contributed by atoms with E-state index >= 15 is 0 Å². The van der Waals surface area contributed by atoms with Gasteiger partial charge < -0.3 is 13.9 Å². The van der Waals surface area contributed by atoms with Crippen LogP contribution in [-0.2, 0) is 13.2 Å². The molecule has 0 aliphatic heterocycles. The number of furan rings is 1. The van der Waals surface area contributed by atoms with Crippen molar-refractivity contribution in [3.63, 3.8) is 0 Å². The number of ketones is 1. The molecule has 0 aliphatic carbocycles. The molecule has 0 saturated carbocycles. The minimum Gasteiger partial charge on any atom is -0.497 e. The smallest absolute Gasteiger partial charge is 0.192 e. The van der Waals surface area contributed by atoms with Gasteiger partial charge in [0.2, 0.25) is 0 Å². The zero-order valence-electron chi connectivity index (χ0n) is 17.2. The van der Waals surface area contributed by atoms with E-state index in [0.717, 1.165) is 5.76 Å². The first-order valence-corrected chi connectivity index (χ1v) is 11.1. The third-order valence-electron chi connectivity index (χ3n) is 4.61. The van der Waals surface area contributed by atoms with Crippen LogP contribution in [0.5, 0.6) is 11.5 Å². The van der Waals surface area contributed by atoms with Crippen LogP contribution >= 0.6 is 23.4 Å². The largest absolute Gasteiger partial charge is 0.497 e. The number of Topliss-reactive ketones (excluding diaryl/α,β-unsaturated/α-hetero) is 1. The van der Waals surface area contributed by atoms with Crippen molar-refractivity contribution < 1.29 is 18.7 Å². The molecule has 4 rings (SSSR count). The van der Waals surface area contributed by atoms with E-state index in [0.29, 0.717) is 39.6 Å². The van der Waals surface area contributed by atoms with Crippen molar-refractivity contribution in [1.82, 2.24) is 14.8 Å². The second kappa shape index (κ2) is 10.4. The van der Waals surface area contributed by atoms with Gasteiger partial charge in [-0.3, -0.25) is 9.36 Å². The monoisotopic (exact) mass is 469 g/mol. The van der Waals surface area contributed by atoms with Gasteiger partial charge in [-0.25, -0.2) is 0 Å². The number of hydrogen-bond acceptors (Lipinski definition) is 7. The molecule has 2 aromatic carbocycles. The number of benzene rings is 2. The molecule has 2 heterocycles. The molecule has 0 N–H and O–H groups in total. The Morgan fingerprint density at radius 1 is 1.06 bits per heavy atom. The number of carbonyl (C=O) groups is 1. The van der Waals surface area contributed by atoms with Gasteiger partial charge in [0.25, 0.3) is 0 Å². The first kappa shape index (κ1) is 22.0. The van der Waals surface area contributed by atoms with Crippen LogP contribution in [0.4, 0.5) is 0 Å². The average molecular weight is 470 g/mol. The van der Waals surface area contributed by atoms with Gasteiger partial charge in [-0.2, -0.15) is 0 Å². The summed E-state index contributed by atoms with van der Waals surface area (Å²) < 4.78 is 18.4. The maximum Gasteiger partial charge on any atom is 0.192 e. The molecule has 9 heteroatoms. The Labute approximate surface area is 194 Å². The van der Waals surface area contributed by atoms with E-state index < -0.39 is 0 Å². The van der Waals surface area contributed by atoms with Crippen LogP contribution in [0.25, 0.3) is 0 Å². The lowest BCUT2D eigenvalue weighted by Crippen LogP contribution is -2.10. The fourth-order valence-electron chi connectivity index (χ4n) is 2.92. The summed E-state index contributed by atoms with van der Waals surface area (Å²) in [4.78, 5) is 12.6. The normalized spacial score (nSPS) is 10.8. The summed E-state index contributed by atoms with van der Waals surface area (Å²) in [7, 11) is 1.59. The molecule has 164 valence electrons. The Bertz CT molecular complexity index is 1160. The zero-order chi connectivity index (χ0) is 22.3. The quantitative estimate of drug-likeness (QED) is 0.235. The van der Waals surface area contributed by atoms with Gasteiger partial charge in [0.15, 0.2) is 16.8 Å². The van der Waals surface area contributed by atoms with Crippen molar-refractivity contribution >= 4 is 29.1 Å². The van der Waals surface area contributed by atoms with Gasteiger partial charge in [-0.15, -0.1) is 10.2 Å². The van der Waals surface area contributed by atoms with E-state index in [1.807, 2.05) is 16.7 Å². The van der Waals surface area contributed by atoms with E-state index in [-0.39, 0.29) is 18.1 Å². The average Bonchev–Trinajstić information content (AvgIpc) is 3.47. The molecule has 0 amide bonds. The summed E-state index contributed by atoms with van der Waals surface area (Å²) >= 11 is 7.25. The van der Waals surface area contributed by atoms with E-state index in [1.54, 1.807) is 61.9 Å². The lowest BCUT2D eigenvalue weighted by molar-refractivity contribution is 0.102. The highest BCUT2D eigenvalue weighted by atomic mass is 35.5. The van der Waals surface area contributed by atoms with Crippen molar-refractivity contribution in [3.8, 4) is 11.5 Å². The number of thioether (sulfide) groups is 1.